The monoisotopic (exact) mass is 487 g/mol. The quantitative estimate of drug-likeness (QED) is 0.144. The summed E-state index contributed by atoms with van der Waals surface area (Å²) < 4.78 is 84.3. The molecule has 0 bridgehead atoms. The molecule has 2 atom stereocenters. The van der Waals surface area contributed by atoms with Crippen LogP contribution in [0.3, 0.4) is 0 Å². The van der Waals surface area contributed by atoms with Crippen molar-refractivity contribution in [1.82, 2.24) is 4.90 Å². The number of unbranched alkanes of at least 4 members (excludes halogenated alkanes) is 5. The predicted molar refractivity (Wildman–Crippen MR) is 109 cm³/mol. The van der Waals surface area contributed by atoms with E-state index in [1.165, 1.54) is 0 Å². The van der Waals surface area contributed by atoms with Crippen LogP contribution in [0.25, 0.3) is 0 Å². The highest BCUT2D eigenvalue weighted by Gasteiger charge is 2.52. The fourth-order valence-corrected chi connectivity index (χ4v) is 4.18. The summed E-state index contributed by atoms with van der Waals surface area (Å²) in [4.78, 5) is 12.2. The van der Waals surface area contributed by atoms with Crippen molar-refractivity contribution in [2.24, 2.45) is 0 Å². The lowest BCUT2D eigenvalue weighted by atomic mass is 9.98. The third kappa shape index (κ3) is 6.45. The molecule has 1 aliphatic rings. The van der Waals surface area contributed by atoms with Crippen LogP contribution in [0.1, 0.15) is 81.9 Å². The lowest BCUT2D eigenvalue weighted by Gasteiger charge is -2.33. The molecule has 3 nitrogen and oxygen atoms in total. The summed E-state index contributed by atoms with van der Waals surface area (Å²) in [5.74, 6) is 0. The van der Waals surface area contributed by atoms with Crippen LogP contribution in [0.2, 0.25) is 0 Å². The normalized spacial score (nSPS) is 21.8. The number of nitrogens with zero attached hydrogens (tertiary/aromatic N) is 1. The lowest BCUT2D eigenvalue weighted by molar-refractivity contribution is -0.143. The first-order valence-corrected chi connectivity index (χ1v) is 11.2. The van der Waals surface area contributed by atoms with Crippen molar-refractivity contribution >= 4 is 17.7 Å². The number of halogens is 7. The highest BCUT2D eigenvalue weighted by Crippen LogP contribution is 2.42. The maximum atomic E-state index is 13.2. The maximum Gasteiger partial charge on any atom is 0.416 e. The Morgan fingerprint density at radius 2 is 1.47 bits per heavy atom. The van der Waals surface area contributed by atoms with Crippen molar-refractivity contribution in [3.8, 4) is 0 Å². The second kappa shape index (κ2) is 10.5. The highest BCUT2D eigenvalue weighted by atomic mass is 35.5. The summed E-state index contributed by atoms with van der Waals surface area (Å²) in [6.07, 6.45) is -4.71. The standard InChI is InChI=1S/C22H28ClF6NO2/c1-3-5-6-7-8-9-10-18-20(23,4-2)30(19(31)32-18)14-15-11-16(21(24,25)26)13-17(12-15)22(27,28)29/h11-13,18H,3-10,14H2,1-2H3. The van der Waals surface area contributed by atoms with E-state index in [9.17, 15) is 31.1 Å². The fourth-order valence-electron chi connectivity index (χ4n) is 3.90. The molecule has 2 rings (SSSR count). The molecule has 1 aromatic carbocycles. The minimum atomic E-state index is -4.97. The molecule has 32 heavy (non-hydrogen) atoms. The third-order valence-electron chi connectivity index (χ3n) is 5.71. The van der Waals surface area contributed by atoms with E-state index >= 15 is 0 Å². The number of ether oxygens (including phenoxy) is 1. The lowest BCUT2D eigenvalue weighted by Crippen LogP contribution is -2.45. The van der Waals surface area contributed by atoms with Gasteiger partial charge in [-0.1, -0.05) is 57.6 Å². The number of carbonyl (C=O) groups excluding carboxylic acids is 1. The number of amides is 1. The summed E-state index contributed by atoms with van der Waals surface area (Å²) >= 11 is 6.69. The van der Waals surface area contributed by atoms with Gasteiger partial charge in [0.1, 0.15) is 6.10 Å². The van der Waals surface area contributed by atoms with E-state index in [1.807, 2.05) is 0 Å². The second-order valence-corrected chi connectivity index (χ2v) is 8.76. The van der Waals surface area contributed by atoms with E-state index in [4.69, 9.17) is 16.3 Å². The SMILES string of the molecule is CCCCCCCCC1OC(=O)N(Cc2cc(C(F)(F)F)cc(C(F)(F)F)c2)C1(Cl)CC. The summed E-state index contributed by atoms with van der Waals surface area (Å²) in [5, 5.41) is 0. The van der Waals surface area contributed by atoms with Gasteiger partial charge < -0.3 is 4.74 Å². The maximum absolute atomic E-state index is 13.2. The van der Waals surface area contributed by atoms with Crippen LogP contribution in [0.5, 0.6) is 0 Å². The van der Waals surface area contributed by atoms with E-state index in [1.54, 1.807) is 6.92 Å². The molecule has 1 aliphatic heterocycles. The van der Waals surface area contributed by atoms with Crippen LogP contribution in [0.4, 0.5) is 31.1 Å². The fraction of sp³-hybridized carbons (Fsp3) is 0.682. The van der Waals surface area contributed by atoms with Gasteiger partial charge in [-0.3, -0.25) is 4.90 Å². The van der Waals surface area contributed by atoms with Gasteiger partial charge in [0, 0.05) is 0 Å². The first-order chi connectivity index (χ1) is 14.8. The molecule has 1 heterocycles. The van der Waals surface area contributed by atoms with Crippen LogP contribution in [-0.4, -0.2) is 22.1 Å². The van der Waals surface area contributed by atoms with Gasteiger partial charge >= 0.3 is 18.4 Å². The van der Waals surface area contributed by atoms with E-state index in [0.717, 1.165) is 43.4 Å². The van der Waals surface area contributed by atoms with Gasteiger partial charge in [-0.2, -0.15) is 26.3 Å². The summed E-state index contributed by atoms with van der Waals surface area (Å²) in [6, 6.07) is 1.27. The van der Waals surface area contributed by atoms with Gasteiger partial charge in [-0.25, -0.2) is 4.79 Å². The Balaban J connectivity index is 2.21. The van der Waals surface area contributed by atoms with Gasteiger partial charge in [0.05, 0.1) is 17.7 Å². The molecule has 0 spiro atoms. The first kappa shape index (κ1) is 26.6. The number of hydrogen-bond donors (Lipinski definition) is 0. The molecule has 1 fully saturated rings. The molecule has 10 heteroatoms. The van der Waals surface area contributed by atoms with Crippen LogP contribution in [-0.2, 0) is 23.6 Å². The summed E-state index contributed by atoms with van der Waals surface area (Å²) in [6.45, 7) is 3.29. The Bertz CT molecular complexity index is 750. The molecular formula is C22H28ClF6NO2. The Labute approximate surface area is 189 Å². The number of alkyl halides is 7. The Morgan fingerprint density at radius 1 is 0.938 bits per heavy atom. The number of benzene rings is 1. The zero-order chi connectivity index (χ0) is 24.2. The smallest absolute Gasteiger partial charge is 0.416 e. The zero-order valence-corrected chi connectivity index (χ0v) is 18.8. The first-order valence-electron chi connectivity index (χ1n) is 10.8. The van der Waals surface area contributed by atoms with Crippen LogP contribution in [0, 0.1) is 0 Å². The van der Waals surface area contributed by atoms with E-state index < -0.39 is 47.2 Å². The van der Waals surface area contributed by atoms with Gasteiger partial charge in [-0.05, 0) is 43.0 Å². The van der Waals surface area contributed by atoms with Crippen LogP contribution >= 0.6 is 11.6 Å². The Morgan fingerprint density at radius 3 is 1.97 bits per heavy atom. The second-order valence-electron chi connectivity index (χ2n) is 8.10. The van der Waals surface area contributed by atoms with Crippen LogP contribution < -0.4 is 0 Å². The number of cyclic esters (lactones) is 1. The number of hydrogen-bond acceptors (Lipinski definition) is 2. The molecule has 0 aliphatic carbocycles. The van der Waals surface area contributed by atoms with E-state index in [0.29, 0.717) is 18.6 Å². The number of rotatable bonds is 10. The van der Waals surface area contributed by atoms with Crippen LogP contribution in [0.15, 0.2) is 18.2 Å². The van der Waals surface area contributed by atoms with E-state index in [-0.39, 0.29) is 18.1 Å². The average Bonchev–Trinajstić information content (AvgIpc) is 2.94. The highest BCUT2D eigenvalue weighted by molar-refractivity contribution is 6.25. The van der Waals surface area contributed by atoms with Gasteiger partial charge in [0.25, 0.3) is 0 Å². The molecule has 182 valence electrons. The Hall–Kier alpha value is -1.64. The molecule has 1 aromatic rings. The van der Waals surface area contributed by atoms with Crippen molar-refractivity contribution in [3.63, 3.8) is 0 Å². The average molecular weight is 488 g/mol. The van der Waals surface area contributed by atoms with Gasteiger partial charge in [0.15, 0.2) is 5.00 Å². The minimum absolute atomic E-state index is 0.0565. The largest absolute Gasteiger partial charge is 0.442 e. The van der Waals surface area contributed by atoms with Crippen molar-refractivity contribution < 1.29 is 35.9 Å². The molecule has 0 aromatic heterocycles. The Kier molecular flexibility index (Phi) is 8.76. The molecule has 0 saturated carbocycles. The minimum Gasteiger partial charge on any atom is -0.442 e. The van der Waals surface area contributed by atoms with Crippen molar-refractivity contribution in [2.45, 2.75) is 95.2 Å². The molecular weight excluding hydrogens is 460 g/mol. The zero-order valence-electron chi connectivity index (χ0n) is 18.1. The molecule has 2 unspecified atom stereocenters. The van der Waals surface area contributed by atoms with Gasteiger partial charge in [-0.15, -0.1) is 0 Å². The van der Waals surface area contributed by atoms with Gasteiger partial charge in [0.2, 0.25) is 0 Å². The summed E-state index contributed by atoms with van der Waals surface area (Å²) in [7, 11) is 0. The molecule has 0 radical (unpaired) electrons. The van der Waals surface area contributed by atoms with Crippen molar-refractivity contribution in [1.29, 1.82) is 0 Å². The summed E-state index contributed by atoms with van der Waals surface area (Å²) in [5.41, 5.74) is -3.19. The van der Waals surface area contributed by atoms with Crippen molar-refractivity contribution in [2.75, 3.05) is 0 Å². The van der Waals surface area contributed by atoms with Crippen molar-refractivity contribution in [3.05, 3.63) is 34.9 Å². The molecule has 1 saturated heterocycles. The topological polar surface area (TPSA) is 29.5 Å². The molecule has 0 N–H and O–H groups in total. The third-order valence-corrected chi connectivity index (χ3v) is 6.42. The predicted octanol–water partition coefficient (Wildman–Crippen LogP) is 8.14. The molecule has 1 amide bonds. The number of carbonyl (C=O) groups is 1. The van der Waals surface area contributed by atoms with E-state index in [2.05, 4.69) is 6.92 Å².